The van der Waals surface area contributed by atoms with E-state index in [-0.39, 0.29) is 11.4 Å². The molecule has 156 valence electrons. The van der Waals surface area contributed by atoms with Gasteiger partial charge in [-0.1, -0.05) is 19.9 Å². The Bertz CT molecular complexity index is 836. The van der Waals surface area contributed by atoms with Crippen molar-refractivity contribution in [2.75, 3.05) is 20.2 Å². The average Bonchev–Trinajstić information content (AvgIpc) is 2.63. The summed E-state index contributed by atoms with van der Waals surface area (Å²) in [7, 11) is -2.54. The first-order chi connectivity index (χ1) is 13.0. The summed E-state index contributed by atoms with van der Waals surface area (Å²) in [6.45, 7) is 6.09. The summed E-state index contributed by atoms with van der Waals surface area (Å²) in [5, 5.41) is 4.60. The van der Waals surface area contributed by atoms with Crippen molar-refractivity contribution in [3.05, 3.63) is 29.3 Å². The highest BCUT2D eigenvalue weighted by molar-refractivity contribution is 7.89. The Kier molecular flexibility index (Phi) is 8.58. The zero-order chi connectivity index (χ0) is 21.5. The van der Waals surface area contributed by atoms with Crippen LogP contribution < -0.4 is 15.4 Å². The maximum absolute atomic E-state index is 12.6. The number of rotatable bonds is 9. The highest BCUT2D eigenvalue weighted by Crippen LogP contribution is 2.16. The van der Waals surface area contributed by atoms with Gasteiger partial charge >= 0.3 is 5.97 Å². The van der Waals surface area contributed by atoms with E-state index in [1.165, 1.54) is 19.2 Å². The van der Waals surface area contributed by atoms with Crippen molar-refractivity contribution in [3.63, 3.8) is 0 Å². The fourth-order valence-electron chi connectivity index (χ4n) is 2.12. The van der Waals surface area contributed by atoms with E-state index >= 15 is 0 Å². The lowest BCUT2D eigenvalue weighted by Crippen LogP contribution is -2.46. The average molecular weight is 413 g/mol. The smallest absolute Gasteiger partial charge is 0.324 e. The lowest BCUT2D eigenvalue weighted by Gasteiger charge is -2.21. The van der Waals surface area contributed by atoms with E-state index in [4.69, 9.17) is 4.74 Å². The number of carbonyl (C=O) groups excluding carboxylic acids is 3. The molecule has 1 atom stereocenters. The number of likely N-dealkylation sites (N-methyl/N-ethyl adjacent to an activating group) is 1. The van der Waals surface area contributed by atoms with Gasteiger partial charge in [-0.05, 0) is 43.0 Å². The number of sulfonamides is 1. The zero-order valence-corrected chi connectivity index (χ0v) is 17.5. The molecule has 28 heavy (non-hydrogen) atoms. The van der Waals surface area contributed by atoms with Gasteiger partial charge in [-0.2, -0.15) is 4.72 Å². The fourth-order valence-corrected chi connectivity index (χ4v) is 3.54. The molecule has 9 nitrogen and oxygen atoms in total. The number of benzene rings is 1. The topological polar surface area (TPSA) is 131 Å². The molecule has 1 aromatic carbocycles. The Morgan fingerprint density at radius 1 is 1.07 bits per heavy atom. The van der Waals surface area contributed by atoms with Crippen LogP contribution in [0.5, 0.6) is 0 Å². The van der Waals surface area contributed by atoms with Crippen LogP contribution in [0, 0.1) is 19.8 Å². The Morgan fingerprint density at radius 2 is 1.71 bits per heavy atom. The van der Waals surface area contributed by atoms with Gasteiger partial charge in [0.2, 0.25) is 15.9 Å². The second kappa shape index (κ2) is 10.2. The first-order valence-corrected chi connectivity index (χ1v) is 10.2. The van der Waals surface area contributed by atoms with Crippen LogP contribution in [0.15, 0.2) is 23.1 Å². The molecule has 0 heterocycles. The number of carbonyl (C=O) groups is 3. The number of hydrogen-bond donors (Lipinski definition) is 3. The molecule has 1 aromatic rings. The van der Waals surface area contributed by atoms with E-state index in [1.54, 1.807) is 26.8 Å². The van der Waals surface area contributed by atoms with Crippen molar-refractivity contribution < 1.29 is 27.5 Å². The molecule has 0 aliphatic rings. The summed E-state index contributed by atoms with van der Waals surface area (Å²) < 4.78 is 32.5. The minimum absolute atomic E-state index is 0.0392. The van der Waals surface area contributed by atoms with Crippen molar-refractivity contribution in [3.8, 4) is 0 Å². The van der Waals surface area contributed by atoms with Crippen molar-refractivity contribution >= 4 is 27.8 Å². The molecule has 0 saturated carbocycles. The molecule has 0 bridgehead atoms. The first-order valence-electron chi connectivity index (χ1n) is 8.71. The normalized spacial score (nSPS) is 12.4. The van der Waals surface area contributed by atoms with Gasteiger partial charge in [-0.3, -0.25) is 14.4 Å². The standard InChI is InChI=1S/C18H27N3O6S/c1-11(2)17(18(24)27-10-16(23)20-9-15(22)19-5)21-28(25,26)14-7-6-12(3)13(4)8-14/h6-8,11,17,21H,9-10H2,1-5H3,(H,19,22)(H,20,23)/t17-/m1/s1. The predicted molar refractivity (Wildman–Crippen MR) is 103 cm³/mol. The van der Waals surface area contributed by atoms with E-state index in [0.717, 1.165) is 11.1 Å². The van der Waals surface area contributed by atoms with Crippen LogP contribution in [0.25, 0.3) is 0 Å². The SMILES string of the molecule is CNC(=O)CNC(=O)COC(=O)[C@H](NS(=O)(=O)c1ccc(C)c(C)c1)C(C)C. The van der Waals surface area contributed by atoms with Crippen molar-refractivity contribution in [2.45, 2.75) is 38.6 Å². The van der Waals surface area contributed by atoms with Gasteiger partial charge < -0.3 is 15.4 Å². The molecule has 0 radical (unpaired) electrons. The summed E-state index contributed by atoms with van der Waals surface area (Å²) in [5.41, 5.74) is 1.75. The minimum atomic E-state index is -3.96. The summed E-state index contributed by atoms with van der Waals surface area (Å²) in [6.07, 6.45) is 0. The van der Waals surface area contributed by atoms with Gasteiger partial charge in [0.25, 0.3) is 5.91 Å². The van der Waals surface area contributed by atoms with Crippen molar-refractivity contribution in [2.24, 2.45) is 5.92 Å². The Labute approximate surface area is 165 Å². The van der Waals surface area contributed by atoms with E-state index < -0.39 is 46.4 Å². The zero-order valence-electron chi connectivity index (χ0n) is 16.7. The Morgan fingerprint density at radius 3 is 2.25 bits per heavy atom. The molecule has 0 unspecified atom stereocenters. The number of esters is 1. The lowest BCUT2D eigenvalue weighted by atomic mass is 10.1. The maximum Gasteiger partial charge on any atom is 0.324 e. The van der Waals surface area contributed by atoms with Crippen LogP contribution in [0.2, 0.25) is 0 Å². The second-order valence-corrected chi connectivity index (χ2v) is 8.36. The number of ether oxygens (including phenoxy) is 1. The van der Waals surface area contributed by atoms with Crippen molar-refractivity contribution in [1.82, 2.24) is 15.4 Å². The molecule has 0 spiro atoms. The summed E-state index contributed by atoms with van der Waals surface area (Å²) in [5.74, 6) is -2.36. The molecule has 0 aliphatic carbocycles. The largest absolute Gasteiger partial charge is 0.454 e. The fraction of sp³-hybridized carbons (Fsp3) is 0.500. The summed E-state index contributed by atoms with van der Waals surface area (Å²) in [6, 6.07) is 3.49. The van der Waals surface area contributed by atoms with E-state index in [0.29, 0.717) is 0 Å². The van der Waals surface area contributed by atoms with Crippen LogP contribution in [-0.2, 0) is 29.1 Å². The molecule has 1 rings (SSSR count). The molecule has 0 aromatic heterocycles. The molecule has 0 fully saturated rings. The van der Waals surface area contributed by atoms with Crippen LogP contribution in [0.3, 0.4) is 0 Å². The summed E-state index contributed by atoms with van der Waals surface area (Å²) in [4.78, 5) is 35.1. The van der Waals surface area contributed by atoms with Gasteiger partial charge in [-0.25, -0.2) is 8.42 Å². The highest BCUT2D eigenvalue weighted by Gasteiger charge is 2.30. The molecule has 0 aliphatic heterocycles. The second-order valence-electron chi connectivity index (χ2n) is 6.65. The van der Waals surface area contributed by atoms with Crippen LogP contribution >= 0.6 is 0 Å². The summed E-state index contributed by atoms with van der Waals surface area (Å²) >= 11 is 0. The van der Waals surface area contributed by atoms with Crippen molar-refractivity contribution in [1.29, 1.82) is 0 Å². The molecule has 10 heteroatoms. The number of amides is 2. The third-order valence-corrected chi connectivity index (χ3v) is 5.50. The molecule has 0 saturated heterocycles. The first kappa shape index (κ1) is 23.6. The quantitative estimate of drug-likeness (QED) is 0.489. The van der Waals surface area contributed by atoms with Crippen LogP contribution in [-0.4, -0.2) is 52.4 Å². The van der Waals surface area contributed by atoms with Gasteiger partial charge in [0, 0.05) is 7.05 Å². The number of aryl methyl sites for hydroxylation is 2. The van der Waals surface area contributed by atoms with Gasteiger partial charge in [0.15, 0.2) is 6.61 Å². The Hall–Kier alpha value is -2.46. The number of hydrogen-bond acceptors (Lipinski definition) is 6. The van der Waals surface area contributed by atoms with E-state index in [1.807, 2.05) is 6.92 Å². The monoisotopic (exact) mass is 413 g/mol. The maximum atomic E-state index is 12.6. The Balaban J connectivity index is 2.78. The molecular weight excluding hydrogens is 386 g/mol. The number of nitrogens with one attached hydrogen (secondary N) is 3. The van der Waals surface area contributed by atoms with E-state index in [9.17, 15) is 22.8 Å². The molecular formula is C18H27N3O6S. The molecule has 2 amide bonds. The highest BCUT2D eigenvalue weighted by atomic mass is 32.2. The van der Waals surface area contributed by atoms with Gasteiger partial charge in [-0.15, -0.1) is 0 Å². The molecule has 3 N–H and O–H groups in total. The lowest BCUT2D eigenvalue weighted by molar-refractivity contribution is -0.151. The van der Waals surface area contributed by atoms with Gasteiger partial charge in [0.1, 0.15) is 6.04 Å². The van der Waals surface area contributed by atoms with E-state index in [2.05, 4.69) is 15.4 Å². The third-order valence-electron chi connectivity index (χ3n) is 4.06. The van der Waals surface area contributed by atoms with Crippen LogP contribution in [0.1, 0.15) is 25.0 Å². The predicted octanol–water partition coefficient (Wildman–Crippen LogP) is 0.0117. The minimum Gasteiger partial charge on any atom is -0.454 e. The third kappa shape index (κ3) is 6.93. The van der Waals surface area contributed by atoms with Gasteiger partial charge in [0.05, 0.1) is 11.4 Å². The van der Waals surface area contributed by atoms with Crippen LogP contribution in [0.4, 0.5) is 0 Å².